The molecule has 2 spiro atoms. The van der Waals surface area contributed by atoms with Gasteiger partial charge >= 0.3 is 0 Å². The third kappa shape index (κ3) is 5.17. The molecule has 0 bridgehead atoms. The van der Waals surface area contributed by atoms with Crippen LogP contribution in [-0.4, -0.2) is 11.6 Å². The van der Waals surface area contributed by atoms with E-state index in [0.717, 1.165) is 64.2 Å². The summed E-state index contributed by atoms with van der Waals surface area (Å²) in [6, 6.07) is 18.4. The molecule has 0 N–H and O–H groups in total. The van der Waals surface area contributed by atoms with E-state index in [9.17, 15) is 9.59 Å². The Bertz CT molecular complexity index is 972. The molecule has 0 saturated heterocycles. The van der Waals surface area contributed by atoms with E-state index >= 15 is 0 Å². The van der Waals surface area contributed by atoms with Crippen molar-refractivity contribution in [3.05, 3.63) is 70.8 Å². The smallest absolute Gasteiger partial charge is 0.159 e. The van der Waals surface area contributed by atoms with Crippen molar-refractivity contribution in [2.24, 2.45) is 10.8 Å². The Kier molecular flexibility index (Phi) is 8.56. The Balaban J connectivity index is 1.13. The molecular formula is C36H48O2. The molecule has 3 saturated carbocycles. The van der Waals surface area contributed by atoms with Crippen LogP contribution in [0.25, 0.3) is 0 Å². The SMILES string of the molecule is CCCCCc1ccc(C2CCC3(CC2)C(=O)C2(CCC(c4ccc(CCCCC)cc4)CC2)C3=O)cc1. The average molecular weight is 513 g/mol. The number of ketones is 2. The lowest BCUT2D eigenvalue weighted by Gasteiger charge is -2.57. The standard InChI is InChI=1S/C36H48O2/c1-3-5-7-9-27-11-15-29(16-12-27)31-19-23-35(24-20-31)33(37)36(34(35)38)25-21-32(22-26-36)30-17-13-28(14-18-30)10-8-6-4-2/h11-18,31-32H,3-10,19-26H2,1-2H3. The zero-order valence-corrected chi connectivity index (χ0v) is 23.9. The van der Waals surface area contributed by atoms with Gasteiger partial charge in [0.2, 0.25) is 0 Å². The minimum absolute atomic E-state index is 0.310. The summed E-state index contributed by atoms with van der Waals surface area (Å²) in [7, 11) is 0. The highest BCUT2D eigenvalue weighted by Gasteiger charge is 2.70. The van der Waals surface area contributed by atoms with Gasteiger partial charge in [0, 0.05) is 0 Å². The molecule has 5 rings (SSSR count). The van der Waals surface area contributed by atoms with E-state index in [4.69, 9.17) is 0 Å². The second kappa shape index (κ2) is 11.9. The molecule has 2 aromatic rings. The maximum Gasteiger partial charge on any atom is 0.159 e. The van der Waals surface area contributed by atoms with Gasteiger partial charge in [-0.3, -0.25) is 9.59 Å². The summed E-state index contributed by atoms with van der Waals surface area (Å²) >= 11 is 0. The highest BCUT2D eigenvalue weighted by Crippen LogP contribution is 2.62. The Morgan fingerprint density at radius 1 is 0.553 bits per heavy atom. The van der Waals surface area contributed by atoms with Gasteiger partial charge in [-0.1, -0.05) is 88.1 Å². The molecule has 0 unspecified atom stereocenters. The summed E-state index contributed by atoms with van der Waals surface area (Å²) in [5, 5.41) is 0. The van der Waals surface area contributed by atoms with Crippen molar-refractivity contribution < 1.29 is 9.59 Å². The number of rotatable bonds is 10. The van der Waals surface area contributed by atoms with E-state index in [2.05, 4.69) is 62.4 Å². The van der Waals surface area contributed by atoms with Crippen LogP contribution in [0.1, 0.15) is 138 Å². The highest BCUT2D eigenvalue weighted by atomic mass is 16.2. The first-order valence-corrected chi connectivity index (χ1v) is 15.8. The van der Waals surface area contributed by atoms with Crippen LogP contribution in [0.4, 0.5) is 0 Å². The van der Waals surface area contributed by atoms with Gasteiger partial charge in [0.15, 0.2) is 11.6 Å². The Hall–Kier alpha value is -2.22. The highest BCUT2D eigenvalue weighted by molar-refractivity contribution is 6.30. The van der Waals surface area contributed by atoms with Crippen LogP contribution >= 0.6 is 0 Å². The van der Waals surface area contributed by atoms with E-state index < -0.39 is 10.8 Å². The van der Waals surface area contributed by atoms with Crippen molar-refractivity contribution in [2.45, 2.75) is 128 Å². The zero-order chi connectivity index (χ0) is 26.6. The largest absolute Gasteiger partial charge is 0.297 e. The molecule has 204 valence electrons. The van der Waals surface area contributed by atoms with Crippen molar-refractivity contribution in [1.29, 1.82) is 0 Å². The fraction of sp³-hybridized carbons (Fsp3) is 0.611. The summed E-state index contributed by atoms with van der Waals surface area (Å²) in [5.41, 5.74) is 4.35. The first-order valence-electron chi connectivity index (χ1n) is 15.8. The monoisotopic (exact) mass is 512 g/mol. The minimum Gasteiger partial charge on any atom is -0.297 e. The number of hydrogen-bond donors (Lipinski definition) is 0. The predicted molar refractivity (Wildman–Crippen MR) is 157 cm³/mol. The number of carbonyl (C=O) groups is 2. The molecule has 3 aliphatic carbocycles. The van der Waals surface area contributed by atoms with Crippen molar-refractivity contribution in [3.63, 3.8) is 0 Å². The topological polar surface area (TPSA) is 34.1 Å². The van der Waals surface area contributed by atoms with E-state index in [1.54, 1.807) is 0 Å². The fourth-order valence-electron chi connectivity index (χ4n) is 7.93. The van der Waals surface area contributed by atoms with Gasteiger partial charge in [-0.15, -0.1) is 0 Å². The molecular weight excluding hydrogens is 464 g/mol. The number of carbonyl (C=O) groups excluding carboxylic acids is 2. The molecule has 0 aromatic heterocycles. The first kappa shape index (κ1) is 27.4. The van der Waals surface area contributed by atoms with E-state index in [1.807, 2.05) is 0 Å². The maximum atomic E-state index is 13.7. The van der Waals surface area contributed by atoms with Gasteiger partial charge in [0.25, 0.3) is 0 Å². The lowest BCUT2D eigenvalue weighted by molar-refractivity contribution is -0.177. The van der Waals surface area contributed by atoms with Crippen LogP contribution in [0, 0.1) is 10.8 Å². The molecule has 0 aliphatic heterocycles. The Morgan fingerprint density at radius 2 is 0.895 bits per heavy atom. The quantitative estimate of drug-likeness (QED) is 0.235. The van der Waals surface area contributed by atoms with Gasteiger partial charge in [-0.25, -0.2) is 0 Å². The van der Waals surface area contributed by atoms with Gasteiger partial charge in [-0.2, -0.15) is 0 Å². The first-order chi connectivity index (χ1) is 18.5. The van der Waals surface area contributed by atoms with Gasteiger partial charge in [-0.05, 0) is 111 Å². The number of benzene rings is 2. The summed E-state index contributed by atoms with van der Waals surface area (Å²) in [6.45, 7) is 4.50. The van der Waals surface area contributed by atoms with Gasteiger partial charge < -0.3 is 0 Å². The minimum atomic E-state index is -0.649. The Labute approximate surface area is 231 Å². The molecule has 38 heavy (non-hydrogen) atoms. The molecule has 0 atom stereocenters. The maximum absolute atomic E-state index is 13.7. The van der Waals surface area contributed by atoms with E-state index in [0.29, 0.717) is 23.4 Å². The lowest BCUT2D eigenvalue weighted by Crippen LogP contribution is -2.68. The van der Waals surface area contributed by atoms with Crippen molar-refractivity contribution in [2.75, 3.05) is 0 Å². The molecule has 2 heteroatoms. The van der Waals surface area contributed by atoms with Crippen LogP contribution in [0.3, 0.4) is 0 Å². The summed E-state index contributed by atoms with van der Waals surface area (Å²) < 4.78 is 0. The van der Waals surface area contributed by atoms with E-state index in [1.165, 1.54) is 60.8 Å². The second-order valence-corrected chi connectivity index (χ2v) is 12.8. The zero-order valence-electron chi connectivity index (χ0n) is 23.9. The number of unbranched alkanes of at least 4 members (excludes halogenated alkanes) is 4. The van der Waals surface area contributed by atoms with Gasteiger partial charge in [0.1, 0.15) is 0 Å². The molecule has 3 aliphatic rings. The molecule has 0 radical (unpaired) electrons. The predicted octanol–water partition coefficient (Wildman–Crippen LogP) is 9.29. The summed E-state index contributed by atoms with van der Waals surface area (Å²) in [4.78, 5) is 27.5. The second-order valence-electron chi connectivity index (χ2n) is 12.8. The van der Waals surface area contributed by atoms with Crippen molar-refractivity contribution in [1.82, 2.24) is 0 Å². The average Bonchev–Trinajstić information content (AvgIpc) is 2.98. The van der Waals surface area contributed by atoms with E-state index in [-0.39, 0.29) is 0 Å². The third-order valence-corrected chi connectivity index (χ3v) is 10.5. The number of aryl methyl sites for hydroxylation is 2. The van der Waals surface area contributed by atoms with Gasteiger partial charge in [0.05, 0.1) is 10.8 Å². The van der Waals surface area contributed by atoms with Crippen molar-refractivity contribution >= 4 is 11.6 Å². The van der Waals surface area contributed by atoms with Crippen LogP contribution < -0.4 is 0 Å². The molecule has 0 heterocycles. The number of Topliss-reactive ketones (excluding diaryl/α,β-unsaturated/α-hetero) is 2. The third-order valence-electron chi connectivity index (χ3n) is 10.5. The summed E-state index contributed by atoms with van der Waals surface area (Å²) in [5.74, 6) is 1.60. The van der Waals surface area contributed by atoms with Crippen LogP contribution in [0.2, 0.25) is 0 Å². The fourth-order valence-corrected chi connectivity index (χ4v) is 7.93. The lowest BCUT2D eigenvalue weighted by atomic mass is 9.42. The van der Waals surface area contributed by atoms with Crippen LogP contribution in [0.15, 0.2) is 48.5 Å². The summed E-state index contributed by atoms with van der Waals surface area (Å²) in [6.07, 6.45) is 16.9. The molecule has 2 nitrogen and oxygen atoms in total. The molecule has 2 aromatic carbocycles. The Morgan fingerprint density at radius 3 is 1.21 bits per heavy atom. The molecule has 3 fully saturated rings. The van der Waals surface area contributed by atoms with Crippen LogP contribution in [0.5, 0.6) is 0 Å². The number of hydrogen-bond acceptors (Lipinski definition) is 2. The molecule has 0 amide bonds. The normalized spacial score (nSPS) is 29.1. The van der Waals surface area contributed by atoms with Crippen LogP contribution in [-0.2, 0) is 22.4 Å². The van der Waals surface area contributed by atoms with Crippen molar-refractivity contribution in [3.8, 4) is 0 Å².